The van der Waals surface area contributed by atoms with E-state index in [0.717, 1.165) is 39.2 Å². The molecule has 0 atom stereocenters. The largest absolute Gasteiger partial charge is 0.497 e. The van der Waals surface area contributed by atoms with Crippen molar-refractivity contribution in [3.05, 3.63) is 68.8 Å². The first-order valence-electron chi connectivity index (χ1n) is 13.9. The Hall–Kier alpha value is -3.68. The molecular formula is C31H42N2O6. The van der Waals surface area contributed by atoms with Crippen LogP contribution in [0, 0.1) is 0 Å². The number of hydrogen-bond acceptors (Lipinski definition) is 6. The molecule has 2 aromatic heterocycles. The molecular weight excluding hydrogens is 496 g/mol. The molecule has 8 heteroatoms. The normalized spacial score (nSPS) is 11.1. The Morgan fingerprint density at radius 2 is 1.15 bits per heavy atom. The molecule has 0 aliphatic heterocycles. The summed E-state index contributed by atoms with van der Waals surface area (Å²) in [5.41, 5.74) is 7.45. The van der Waals surface area contributed by atoms with Crippen LogP contribution in [0.25, 0.3) is 0 Å². The molecule has 212 valence electrons. The number of hydrogen-bond donors (Lipinski definition) is 2. The van der Waals surface area contributed by atoms with Crippen molar-refractivity contribution in [1.29, 1.82) is 0 Å². The van der Waals surface area contributed by atoms with Crippen LogP contribution in [0.2, 0.25) is 0 Å². The quantitative estimate of drug-likeness (QED) is 0.253. The number of carbonyl (C=O) groups is 2. The van der Waals surface area contributed by atoms with Crippen LogP contribution in [0.3, 0.4) is 0 Å². The summed E-state index contributed by atoms with van der Waals surface area (Å²) in [7, 11) is 3.26. The predicted octanol–water partition coefficient (Wildman–Crippen LogP) is 6.14. The maximum Gasteiger partial charge on any atom is 0.355 e. The van der Waals surface area contributed by atoms with E-state index in [-0.39, 0.29) is 25.2 Å². The molecule has 0 radical (unpaired) electrons. The minimum atomic E-state index is -0.415. The number of aromatic amines is 2. The molecule has 0 bridgehead atoms. The van der Waals surface area contributed by atoms with Crippen molar-refractivity contribution in [1.82, 2.24) is 9.97 Å². The second kappa shape index (κ2) is 13.4. The lowest BCUT2D eigenvalue weighted by Crippen LogP contribution is -2.12. The molecule has 0 spiro atoms. The Kier molecular flexibility index (Phi) is 10.3. The van der Waals surface area contributed by atoms with E-state index in [1.807, 2.05) is 32.0 Å². The third kappa shape index (κ3) is 5.70. The van der Waals surface area contributed by atoms with E-state index in [2.05, 4.69) is 23.8 Å². The summed E-state index contributed by atoms with van der Waals surface area (Å²) in [5, 5.41) is 0. The van der Waals surface area contributed by atoms with Crippen molar-refractivity contribution in [2.45, 2.75) is 73.1 Å². The third-order valence-electron chi connectivity index (χ3n) is 7.20. The van der Waals surface area contributed by atoms with E-state index in [1.165, 1.54) is 0 Å². The lowest BCUT2D eigenvalue weighted by Gasteiger charge is -2.23. The van der Waals surface area contributed by atoms with E-state index in [4.69, 9.17) is 18.9 Å². The van der Waals surface area contributed by atoms with E-state index >= 15 is 0 Å². The molecule has 3 aromatic rings. The molecule has 0 aliphatic rings. The number of H-pyrrole nitrogens is 2. The molecule has 39 heavy (non-hydrogen) atoms. The lowest BCUT2D eigenvalue weighted by atomic mass is 9.85. The van der Waals surface area contributed by atoms with Gasteiger partial charge >= 0.3 is 11.9 Å². The van der Waals surface area contributed by atoms with Gasteiger partial charge < -0.3 is 28.9 Å². The van der Waals surface area contributed by atoms with E-state index in [9.17, 15) is 9.59 Å². The summed E-state index contributed by atoms with van der Waals surface area (Å²) in [4.78, 5) is 33.0. The molecule has 0 saturated carbocycles. The first-order chi connectivity index (χ1) is 18.8. The van der Waals surface area contributed by atoms with Crippen molar-refractivity contribution in [3.63, 3.8) is 0 Å². The lowest BCUT2D eigenvalue weighted by molar-refractivity contribution is 0.0509. The van der Waals surface area contributed by atoms with Crippen LogP contribution in [0.5, 0.6) is 11.5 Å². The van der Waals surface area contributed by atoms with Crippen molar-refractivity contribution in [2.24, 2.45) is 0 Å². The van der Waals surface area contributed by atoms with Gasteiger partial charge in [-0.15, -0.1) is 0 Å². The molecule has 0 amide bonds. The van der Waals surface area contributed by atoms with Crippen LogP contribution in [0.1, 0.15) is 108 Å². The van der Waals surface area contributed by atoms with E-state index in [0.29, 0.717) is 48.6 Å². The van der Waals surface area contributed by atoms with Gasteiger partial charge in [-0.1, -0.05) is 27.7 Å². The van der Waals surface area contributed by atoms with Crippen LogP contribution in [-0.4, -0.2) is 49.3 Å². The summed E-state index contributed by atoms with van der Waals surface area (Å²) in [5.74, 6) is 0.167. The van der Waals surface area contributed by atoms with E-state index in [1.54, 1.807) is 28.1 Å². The highest BCUT2D eigenvalue weighted by Crippen LogP contribution is 2.43. The molecule has 0 fully saturated rings. The van der Waals surface area contributed by atoms with Gasteiger partial charge in [-0.2, -0.15) is 0 Å². The van der Waals surface area contributed by atoms with Crippen molar-refractivity contribution < 1.29 is 28.5 Å². The highest BCUT2D eigenvalue weighted by molar-refractivity contribution is 5.91. The van der Waals surface area contributed by atoms with Gasteiger partial charge in [0.2, 0.25) is 0 Å². The summed E-state index contributed by atoms with van der Waals surface area (Å²) >= 11 is 0. The second-order valence-electron chi connectivity index (χ2n) is 9.14. The van der Waals surface area contributed by atoms with E-state index < -0.39 is 5.92 Å². The maximum atomic E-state index is 13.0. The van der Waals surface area contributed by atoms with Crippen molar-refractivity contribution >= 4 is 11.9 Å². The average molecular weight is 539 g/mol. The number of ether oxygens (including phenoxy) is 4. The second-order valence-corrected chi connectivity index (χ2v) is 9.14. The Bertz CT molecular complexity index is 1230. The van der Waals surface area contributed by atoms with Crippen molar-refractivity contribution in [2.75, 3.05) is 27.4 Å². The minimum absolute atomic E-state index is 0.282. The number of rotatable bonds is 13. The summed E-state index contributed by atoms with van der Waals surface area (Å²) < 4.78 is 22.3. The zero-order valence-corrected chi connectivity index (χ0v) is 24.5. The first-order valence-corrected chi connectivity index (χ1v) is 13.9. The van der Waals surface area contributed by atoms with Gasteiger partial charge in [-0.25, -0.2) is 9.59 Å². The fraction of sp³-hybridized carbons (Fsp3) is 0.484. The molecule has 2 heterocycles. The first kappa shape index (κ1) is 29.9. The number of carbonyl (C=O) groups excluding carboxylic acids is 2. The fourth-order valence-electron chi connectivity index (χ4n) is 5.55. The molecule has 1 aromatic carbocycles. The van der Waals surface area contributed by atoms with Gasteiger partial charge in [-0.05, 0) is 80.0 Å². The maximum absolute atomic E-state index is 13.0. The molecule has 0 aliphatic carbocycles. The van der Waals surface area contributed by atoms with Gasteiger partial charge in [-0.3, -0.25) is 0 Å². The Morgan fingerprint density at radius 1 is 0.692 bits per heavy atom. The molecule has 8 nitrogen and oxygen atoms in total. The van der Waals surface area contributed by atoms with Crippen LogP contribution < -0.4 is 9.47 Å². The number of nitrogens with one attached hydrogen (secondary N) is 2. The highest BCUT2D eigenvalue weighted by atomic mass is 16.5. The van der Waals surface area contributed by atoms with Gasteiger partial charge in [0.05, 0.1) is 33.4 Å². The molecule has 0 unspecified atom stereocenters. The van der Waals surface area contributed by atoms with Gasteiger partial charge in [0.15, 0.2) is 0 Å². The number of methoxy groups -OCH3 is 2. The molecule has 3 rings (SSSR count). The monoisotopic (exact) mass is 538 g/mol. The third-order valence-corrected chi connectivity index (χ3v) is 7.20. The van der Waals surface area contributed by atoms with Crippen LogP contribution in [0.4, 0.5) is 0 Å². The smallest absolute Gasteiger partial charge is 0.355 e. The highest BCUT2D eigenvalue weighted by Gasteiger charge is 2.34. The Balaban J connectivity index is 2.47. The number of aromatic nitrogens is 2. The van der Waals surface area contributed by atoms with Gasteiger partial charge in [0.1, 0.15) is 22.9 Å². The number of benzene rings is 1. The molecule has 0 saturated heterocycles. The fourth-order valence-corrected chi connectivity index (χ4v) is 5.55. The molecule has 2 N–H and O–H groups in total. The topological polar surface area (TPSA) is 103 Å². The summed E-state index contributed by atoms with van der Waals surface area (Å²) in [6.07, 6.45) is 2.72. The standard InChI is InChI=1S/C31H42N2O6/c1-9-19-21(11-3)28(30(34)38-13-5)32-26(19)25(23-17-18(36-7)15-16-24(23)37-8)27-20(10-2)22(12-4)29(33-27)31(35)39-14-6/h15-17,25,32-33H,9-14H2,1-8H3. The Labute approximate surface area is 231 Å². The van der Waals surface area contributed by atoms with Crippen LogP contribution in [-0.2, 0) is 35.2 Å². The van der Waals surface area contributed by atoms with Crippen LogP contribution >= 0.6 is 0 Å². The SMILES string of the molecule is CCOC(=O)c1[nH]c(C(c2cc(OC)ccc2OC)c2[nH]c(C(=O)OCC)c(CC)c2CC)c(CC)c1CC. The zero-order valence-electron chi connectivity index (χ0n) is 24.5. The Morgan fingerprint density at radius 3 is 1.51 bits per heavy atom. The number of esters is 2. The zero-order chi connectivity index (χ0) is 28.7. The van der Waals surface area contributed by atoms with Crippen LogP contribution in [0.15, 0.2) is 18.2 Å². The van der Waals surface area contributed by atoms with Gasteiger partial charge in [0, 0.05) is 17.0 Å². The van der Waals surface area contributed by atoms with Crippen molar-refractivity contribution in [3.8, 4) is 11.5 Å². The summed E-state index contributed by atoms with van der Waals surface area (Å²) in [6, 6.07) is 5.69. The predicted molar refractivity (Wildman–Crippen MR) is 152 cm³/mol. The minimum Gasteiger partial charge on any atom is -0.497 e. The van der Waals surface area contributed by atoms with Gasteiger partial charge in [0.25, 0.3) is 0 Å². The average Bonchev–Trinajstić information content (AvgIpc) is 3.51. The summed E-state index contributed by atoms with van der Waals surface area (Å²) in [6.45, 7) is 12.4.